The number of aliphatic imine (C=N–C) groups is 1. The number of hydrogen-bond donors (Lipinski definition) is 2. The van der Waals surface area contributed by atoms with Crippen LogP contribution in [0, 0.1) is 11.8 Å². The van der Waals surface area contributed by atoms with Crippen molar-refractivity contribution in [2.24, 2.45) is 16.8 Å². The minimum atomic E-state index is 0.154. The van der Waals surface area contributed by atoms with E-state index < -0.39 is 0 Å². The fourth-order valence-corrected chi connectivity index (χ4v) is 3.33. The summed E-state index contributed by atoms with van der Waals surface area (Å²) in [5.41, 5.74) is 0. The minimum absolute atomic E-state index is 0.154. The lowest BCUT2D eigenvalue weighted by Crippen LogP contribution is -2.41. The molecule has 1 heterocycles. The molecule has 5 nitrogen and oxygen atoms in total. The lowest BCUT2D eigenvalue weighted by atomic mass is 9.83. The SMILES string of the molecule is CCNC(=NCC(=O)N1CCCC1)NCC1CCC(C)CC1. The molecule has 2 rings (SSSR count). The molecule has 1 aliphatic carbocycles. The monoisotopic (exact) mass is 308 g/mol. The van der Waals surface area contributed by atoms with Gasteiger partial charge in [0.1, 0.15) is 6.54 Å². The average molecular weight is 308 g/mol. The number of carbonyl (C=O) groups excluding carboxylic acids is 1. The molecule has 0 aromatic rings. The molecule has 5 heteroatoms. The highest BCUT2D eigenvalue weighted by atomic mass is 16.2. The van der Waals surface area contributed by atoms with Crippen LogP contribution in [-0.4, -0.2) is 49.5 Å². The highest BCUT2D eigenvalue weighted by Crippen LogP contribution is 2.27. The van der Waals surface area contributed by atoms with E-state index in [1.54, 1.807) is 0 Å². The van der Waals surface area contributed by atoms with Gasteiger partial charge in [0, 0.05) is 26.2 Å². The minimum Gasteiger partial charge on any atom is -0.357 e. The average Bonchev–Trinajstić information content (AvgIpc) is 3.06. The van der Waals surface area contributed by atoms with Gasteiger partial charge in [-0.3, -0.25) is 4.79 Å². The van der Waals surface area contributed by atoms with Gasteiger partial charge in [-0.15, -0.1) is 0 Å². The predicted octanol–water partition coefficient (Wildman–Crippen LogP) is 1.99. The van der Waals surface area contributed by atoms with Crippen molar-refractivity contribution in [1.29, 1.82) is 0 Å². The molecule has 1 aliphatic heterocycles. The third-order valence-corrected chi connectivity index (χ3v) is 4.87. The molecule has 0 atom stereocenters. The molecule has 1 saturated heterocycles. The summed E-state index contributed by atoms with van der Waals surface area (Å²) >= 11 is 0. The molecule has 0 bridgehead atoms. The Morgan fingerprint density at radius 1 is 1.14 bits per heavy atom. The van der Waals surface area contributed by atoms with Crippen LogP contribution < -0.4 is 10.6 Å². The Morgan fingerprint density at radius 2 is 1.82 bits per heavy atom. The Bertz CT molecular complexity index is 369. The van der Waals surface area contributed by atoms with Crippen molar-refractivity contribution < 1.29 is 4.79 Å². The van der Waals surface area contributed by atoms with Crippen molar-refractivity contribution in [2.45, 2.75) is 52.4 Å². The maximum Gasteiger partial charge on any atom is 0.244 e. The Hall–Kier alpha value is -1.26. The number of rotatable bonds is 5. The van der Waals surface area contributed by atoms with Crippen LogP contribution in [0.5, 0.6) is 0 Å². The standard InChI is InChI=1S/C17H32N4O/c1-3-18-17(19-12-15-8-6-14(2)7-9-15)20-13-16(22)21-10-4-5-11-21/h14-15H,3-13H2,1-2H3,(H2,18,19,20). The Morgan fingerprint density at radius 3 is 2.45 bits per heavy atom. The molecule has 126 valence electrons. The van der Waals surface area contributed by atoms with E-state index in [2.05, 4.69) is 29.5 Å². The molecule has 22 heavy (non-hydrogen) atoms. The van der Waals surface area contributed by atoms with Crippen LogP contribution in [0.4, 0.5) is 0 Å². The quantitative estimate of drug-likeness (QED) is 0.603. The van der Waals surface area contributed by atoms with E-state index in [4.69, 9.17) is 0 Å². The highest BCUT2D eigenvalue weighted by Gasteiger charge is 2.19. The van der Waals surface area contributed by atoms with Crippen molar-refractivity contribution in [3.8, 4) is 0 Å². The van der Waals surface area contributed by atoms with Crippen molar-refractivity contribution in [2.75, 3.05) is 32.7 Å². The van der Waals surface area contributed by atoms with Crippen LogP contribution in [0.15, 0.2) is 4.99 Å². The molecule has 1 amide bonds. The second-order valence-electron chi connectivity index (χ2n) is 6.79. The molecule has 0 spiro atoms. The number of guanidine groups is 1. The van der Waals surface area contributed by atoms with Gasteiger partial charge in [0.15, 0.2) is 5.96 Å². The summed E-state index contributed by atoms with van der Waals surface area (Å²) in [6.45, 7) is 8.26. The number of nitrogens with one attached hydrogen (secondary N) is 2. The second-order valence-corrected chi connectivity index (χ2v) is 6.79. The van der Waals surface area contributed by atoms with E-state index in [0.29, 0.717) is 0 Å². The second kappa shape index (κ2) is 9.01. The van der Waals surface area contributed by atoms with Gasteiger partial charge in [0.05, 0.1) is 0 Å². The first-order valence-electron chi connectivity index (χ1n) is 8.99. The Kier molecular flexibility index (Phi) is 7.00. The van der Waals surface area contributed by atoms with Crippen LogP contribution >= 0.6 is 0 Å². The van der Waals surface area contributed by atoms with Crippen molar-refractivity contribution in [3.63, 3.8) is 0 Å². The zero-order chi connectivity index (χ0) is 15.8. The summed E-state index contributed by atoms with van der Waals surface area (Å²) in [6.07, 6.45) is 7.56. The summed E-state index contributed by atoms with van der Waals surface area (Å²) in [4.78, 5) is 18.4. The van der Waals surface area contributed by atoms with E-state index in [-0.39, 0.29) is 12.5 Å². The van der Waals surface area contributed by atoms with Crippen molar-refractivity contribution in [3.05, 3.63) is 0 Å². The highest BCUT2D eigenvalue weighted by molar-refractivity contribution is 5.85. The maximum absolute atomic E-state index is 12.1. The Balaban J connectivity index is 1.75. The molecular weight excluding hydrogens is 276 g/mol. The Labute approximate surface area is 134 Å². The van der Waals surface area contributed by atoms with Gasteiger partial charge in [-0.2, -0.15) is 0 Å². The molecule has 2 aliphatic rings. The maximum atomic E-state index is 12.1. The first kappa shape index (κ1) is 17.1. The number of nitrogens with zero attached hydrogens (tertiary/aromatic N) is 2. The van der Waals surface area contributed by atoms with Gasteiger partial charge < -0.3 is 15.5 Å². The molecule has 0 aromatic carbocycles. The smallest absolute Gasteiger partial charge is 0.244 e. The summed E-state index contributed by atoms with van der Waals surface area (Å²) in [7, 11) is 0. The molecule has 0 unspecified atom stereocenters. The predicted molar refractivity (Wildman–Crippen MR) is 90.9 cm³/mol. The van der Waals surface area contributed by atoms with Crippen LogP contribution in [0.2, 0.25) is 0 Å². The summed E-state index contributed by atoms with van der Waals surface area (Å²) < 4.78 is 0. The van der Waals surface area contributed by atoms with E-state index >= 15 is 0 Å². The molecule has 2 fully saturated rings. The van der Waals surface area contributed by atoms with E-state index in [9.17, 15) is 4.79 Å². The first-order chi connectivity index (χ1) is 10.7. The fraction of sp³-hybridized carbons (Fsp3) is 0.882. The molecule has 2 N–H and O–H groups in total. The van der Waals surface area contributed by atoms with Crippen LogP contribution in [0.1, 0.15) is 52.4 Å². The van der Waals surface area contributed by atoms with Gasteiger partial charge in [0.2, 0.25) is 5.91 Å². The third-order valence-electron chi connectivity index (χ3n) is 4.87. The van der Waals surface area contributed by atoms with Crippen LogP contribution in [0.3, 0.4) is 0 Å². The van der Waals surface area contributed by atoms with Gasteiger partial charge >= 0.3 is 0 Å². The number of carbonyl (C=O) groups is 1. The fourth-order valence-electron chi connectivity index (χ4n) is 3.33. The zero-order valence-corrected chi connectivity index (χ0v) is 14.2. The zero-order valence-electron chi connectivity index (χ0n) is 14.2. The number of likely N-dealkylation sites (tertiary alicyclic amines) is 1. The molecule has 0 aromatic heterocycles. The first-order valence-corrected chi connectivity index (χ1v) is 8.99. The summed E-state index contributed by atoms with van der Waals surface area (Å²) in [5.74, 6) is 2.57. The van der Waals surface area contributed by atoms with E-state index in [0.717, 1.165) is 56.8 Å². The lowest BCUT2D eigenvalue weighted by Gasteiger charge is -2.26. The summed E-state index contributed by atoms with van der Waals surface area (Å²) in [6, 6.07) is 0. The lowest BCUT2D eigenvalue weighted by molar-refractivity contribution is -0.128. The summed E-state index contributed by atoms with van der Waals surface area (Å²) in [5, 5.41) is 6.66. The van der Waals surface area contributed by atoms with Crippen molar-refractivity contribution in [1.82, 2.24) is 15.5 Å². The van der Waals surface area contributed by atoms with Crippen LogP contribution in [0.25, 0.3) is 0 Å². The molecule has 0 radical (unpaired) electrons. The van der Waals surface area contributed by atoms with Gasteiger partial charge in [0.25, 0.3) is 0 Å². The third kappa shape index (κ3) is 5.50. The normalized spacial score (nSPS) is 26.1. The molecule has 1 saturated carbocycles. The largest absolute Gasteiger partial charge is 0.357 e. The van der Waals surface area contributed by atoms with Gasteiger partial charge in [-0.1, -0.05) is 19.8 Å². The molecular formula is C17H32N4O. The van der Waals surface area contributed by atoms with Gasteiger partial charge in [-0.25, -0.2) is 4.99 Å². The van der Waals surface area contributed by atoms with Crippen LogP contribution in [-0.2, 0) is 4.79 Å². The topological polar surface area (TPSA) is 56.7 Å². The van der Waals surface area contributed by atoms with Gasteiger partial charge in [-0.05, 0) is 44.4 Å². The van der Waals surface area contributed by atoms with Crippen molar-refractivity contribution >= 4 is 11.9 Å². The van der Waals surface area contributed by atoms with E-state index in [1.165, 1.54) is 25.7 Å². The number of hydrogen-bond acceptors (Lipinski definition) is 2. The number of amides is 1. The van der Waals surface area contributed by atoms with E-state index in [1.807, 2.05) is 4.90 Å².